The monoisotopic (exact) mass is 180 g/mol. The Morgan fingerprint density at radius 1 is 1.08 bits per heavy atom. The van der Waals surface area contributed by atoms with Gasteiger partial charge in [-0.1, -0.05) is 0 Å². The molecule has 2 heteroatoms. The lowest BCUT2D eigenvalue weighted by Crippen LogP contribution is -2.48. The van der Waals surface area contributed by atoms with Crippen LogP contribution < -0.4 is 0 Å². The van der Waals surface area contributed by atoms with Crippen molar-refractivity contribution in [3.8, 4) is 0 Å². The SMILES string of the molecule is C[C@]12C(=O)CCC[C@H]1CCCC2=O. The first-order valence-electron chi connectivity index (χ1n) is 5.22. The van der Waals surface area contributed by atoms with Crippen molar-refractivity contribution in [3.05, 3.63) is 0 Å². The van der Waals surface area contributed by atoms with Crippen LogP contribution in [-0.2, 0) is 9.59 Å². The Morgan fingerprint density at radius 2 is 1.54 bits per heavy atom. The Balaban J connectivity index is 2.32. The van der Waals surface area contributed by atoms with Gasteiger partial charge in [-0.25, -0.2) is 0 Å². The highest BCUT2D eigenvalue weighted by Crippen LogP contribution is 2.45. The molecular formula is C11H16O2. The molecule has 0 aromatic rings. The number of hydrogen-bond donors (Lipinski definition) is 0. The summed E-state index contributed by atoms with van der Waals surface area (Å²) in [6.45, 7) is 1.88. The lowest BCUT2D eigenvalue weighted by molar-refractivity contribution is -0.148. The largest absolute Gasteiger partial charge is 0.299 e. The number of ketones is 2. The quantitative estimate of drug-likeness (QED) is 0.535. The third kappa shape index (κ3) is 1.15. The second kappa shape index (κ2) is 2.93. The van der Waals surface area contributed by atoms with E-state index in [0.717, 1.165) is 25.7 Å². The third-order valence-corrected chi connectivity index (χ3v) is 3.89. The topological polar surface area (TPSA) is 34.1 Å². The highest BCUT2D eigenvalue weighted by molar-refractivity contribution is 6.07. The standard InChI is InChI=1S/C11H16O2/c1-11-8(4-2-6-9(11)12)5-3-7-10(11)13/h8H,2-7H2,1H3/t8-,11+. The van der Waals surface area contributed by atoms with Crippen LogP contribution in [0.15, 0.2) is 0 Å². The molecule has 0 atom stereocenters. The van der Waals surface area contributed by atoms with Gasteiger partial charge in [-0.3, -0.25) is 9.59 Å². The lowest BCUT2D eigenvalue weighted by Gasteiger charge is -2.42. The van der Waals surface area contributed by atoms with Gasteiger partial charge in [0.1, 0.15) is 11.6 Å². The molecule has 2 aliphatic rings. The molecule has 0 saturated heterocycles. The molecule has 0 N–H and O–H groups in total. The van der Waals surface area contributed by atoms with Crippen molar-refractivity contribution in [2.24, 2.45) is 11.3 Å². The summed E-state index contributed by atoms with van der Waals surface area (Å²) in [5.74, 6) is 0.761. The number of rotatable bonds is 0. The molecule has 72 valence electrons. The molecule has 0 unspecified atom stereocenters. The van der Waals surface area contributed by atoms with Gasteiger partial charge in [-0.05, 0) is 38.5 Å². The zero-order chi connectivity index (χ0) is 9.47. The summed E-state index contributed by atoms with van der Waals surface area (Å²) in [4.78, 5) is 23.5. The van der Waals surface area contributed by atoms with Gasteiger partial charge in [0.25, 0.3) is 0 Å². The molecular weight excluding hydrogens is 164 g/mol. The number of fused-ring (bicyclic) bond motifs is 1. The average Bonchev–Trinajstić information content (AvgIpc) is 2.10. The highest BCUT2D eigenvalue weighted by Gasteiger charge is 2.49. The van der Waals surface area contributed by atoms with Gasteiger partial charge in [0, 0.05) is 12.8 Å². The highest BCUT2D eigenvalue weighted by atomic mass is 16.2. The van der Waals surface area contributed by atoms with Gasteiger partial charge < -0.3 is 0 Å². The van der Waals surface area contributed by atoms with E-state index in [0.29, 0.717) is 18.8 Å². The Hall–Kier alpha value is -0.660. The summed E-state index contributed by atoms with van der Waals surface area (Å²) >= 11 is 0. The van der Waals surface area contributed by atoms with Gasteiger partial charge in [-0.2, -0.15) is 0 Å². The lowest BCUT2D eigenvalue weighted by atomic mass is 9.59. The minimum Gasteiger partial charge on any atom is -0.299 e. The minimum atomic E-state index is -0.587. The first-order valence-corrected chi connectivity index (χ1v) is 5.22. The molecule has 0 spiro atoms. The first-order chi connectivity index (χ1) is 6.15. The summed E-state index contributed by atoms with van der Waals surface area (Å²) in [6.07, 6.45) is 5.39. The predicted octanol–water partition coefficient (Wildman–Crippen LogP) is 2.11. The molecule has 2 rings (SSSR count). The molecule has 0 bridgehead atoms. The molecule has 2 nitrogen and oxygen atoms in total. The fourth-order valence-electron chi connectivity index (χ4n) is 2.87. The van der Waals surface area contributed by atoms with Crippen LogP contribution in [0.5, 0.6) is 0 Å². The Labute approximate surface area is 78.7 Å². The van der Waals surface area contributed by atoms with Crippen LogP contribution in [0, 0.1) is 11.3 Å². The van der Waals surface area contributed by atoms with E-state index >= 15 is 0 Å². The molecule has 0 aliphatic heterocycles. The van der Waals surface area contributed by atoms with E-state index in [9.17, 15) is 9.59 Å². The van der Waals surface area contributed by atoms with Crippen LogP contribution in [0.2, 0.25) is 0 Å². The van der Waals surface area contributed by atoms with Crippen LogP contribution in [0.25, 0.3) is 0 Å². The molecule has 0 heterocycles. The van der Waals surface area contributed by atoms with E-state index < -0.39 is 5.41 Å². The van der Waals surface area contributed by atoms with Gasteiger partial charge >= 0.3 is 0 Å². The van der Waals surface area contributed by atoms with Crippen molar-refractivity contribution >= 4 is 11.6 Å². The summed E-state index contributed by atoms with van der Waals surface area (Å²) in [6, 6.07) is 0. The van der Waals surface area contributed by atoms with Gasteiger partial charge in [-0.15, -0.1) is 0 Å². The zero-order valence-electron chi connectivity index (χ0n) is 8.14. The molecule has 0 amide bonds. The number of carbonyl (C=O) groups excluding carboxylic acids is 2. The third-order valence-electron chi connectivity index (χ3n) is 3.89. The minimum absolute atomic E-state index is 0.202. The van der Waals surface area contributed by atoms with E-state index in [1.165, 1.54) is 0 Å². The van der Waals surface area contributed by atoms with E-state index in [1.54, 1.807) is 0 Å². The van der Waals surface area contributed by atoms with Gasteiger partial charge in [0.2, 0.25) is 0 Å². The maximum atomic E-state index is 11.7. The smallest absolute Gasteiger partial charge is 0.146 e. The normalized spacial score (nSPS) is 40.2. The number of hydrogen-bond acceptors (Lipinski definition) is 2. The summed E-state index contributed by atoms with van der Waals surface area (Å²) in [7, 11) is 0. The predicted molar refractivity (Wildman–Crippen MR) is 49.3 cm³/mol. The second-order valence-electron chi connectivity index (χ2n) is 4.53. The maximum Gasteiger partial charge on any atom is 0.146 e. The fraction of sp³-hybridized carbons (Fsp3) is 0.818. The Bertz CT molecular complexity index is 233. The first kappa shape index (κ1) is 8.92. The molecule has 13 heavy (non-hydrogen) atoms. The fourth-order valence-corrected chi connectivity index (χ4v) is 2.87. The molecule has 2 aliphatic carbocycles. The van der Waals surface area contributed by atoms with Crippen LogP contribution in [0.1, 0.15) is 45.4 Å². The van der Waals surface area contributed by atoms with Crippen LogP contribution in [0.4, 0.5) is 0 Å². The summed E-state index contributed by atoms with van der Waals surface area (Å²) in [5.41, 5.74) is -0.587. The van der Waals surface area contributed by atoms with Crippen molar-refractivity contribution < 1.29 is 9.59 Å². The average molecular weight is 180 g/mol. The van der Waals surface area contributed by atoms with E-state index in [2.05, 4.69) is 0 Å². The molecule has 0 aromatic heterocycles. The molecule has 2 fully saturated rings. The Morgan fingerprint density at radius 3 is 1.92 bits per heavy atom. The summed E-state index contributed by atoms with van der Waals surface area (Å²) in [5, 5.41) is 0. The van der Waals surface area contributed by atoms with Crippen molar-refractivity contribution in [2.75, 3.05) is 0 Å². The maximum absolute atomic E-state index is 11.7. The Kier molecular flexibility index (Phi) is 2.01. The molecule has 0 radical (unpaired) electrons. The summed E-state index contributed by atoms with van der Waals surface area (Å²) < 4.78 is 0. The second-order valence-corrected chi connectivity index (χ2v) is 4.53. The molecule has 0 aromatic carbocycles. The van der Waals surface area contributed by atoms with Crippen LogP contribution in [0.3, 0.4) is 0 Å². The van der Waals surface area contributed by atoms with Crippen molar-refractivity contribution in [1.29, 1.82) is 0 Å². The van der Waals surface area contributed by atoms with Crippen LogP contribution >= 0.6 is 0 Å². The van der Waals surface area contributed by atoms with Crippen LogP contribution in [-0.4, -0.2) is 11.6 Å². The van der Waals surface area contributed by atoms with Crippen molar-refractivity contribution in [3.63, 3.8) is 0 Å². The van der Waals surface area contributed by atoms with Crippen molar-refractivity contribution in [2.45, 2.75) is 45.4 Å². The van der Waals surface area contributed by atoms with E-state index in [1.807, 2.05) is 6.92 Å². The van der Waals surface area contributed by atoms with Crippen molar-refractivity contribution in [1.82, 2.24) is 0 Å². The number of Topliss-reactive ketones (excluding diaryl/α,β-unsaturated/α-hetero) is 2. The van der Waals surface area contributed by atoms with Gasteiger partial charge in [0.05, 0.1) is 5.41 Å². The van der Waals surface area contributed by atoms with Gasteiger partial charge in [0.15, 0.2) is 0 Å². The number of carbonyl (C=O) groups is 2. The van der Waals surface area contributed by atoms with E-state index in [-0.39, 0.29) is 11.6 Å². The zero-order valence-corrected chi connectivity index (χ0v) is 8.14. The molecule has 2 saturated carbocycles. The van der Waals surface area contributed by atoms with E-state index in [4.69, 9.17) is 0 Å².